The predicted octanol–water partition coefficient (Wildman–Crippen LogP) is 3.65. The monoisotopic (exact) mass is 266 g/mol. The van der Waals surface area contributed by atoms with Crippen LogP contribution in [0.5, 0.6) is 5.75 Å². The molecule has 0 atom stereocenters. The first kappa shape index (κ1) is 13.7. The molecule has 0 amide bonds. The fraction of sp³-hybridized carbons (Fsp3) is 0.0588. The van der Waals surface area contributed by atoms with E-state index < -0.39 is 5.97 Å². The van der Waals surface area contributed by atoms with Crippen LogP contribution < -0.4 is 4.74 Å². The Labute approximate surface area is 117 Å². The molecule has 0 saturated heterocycles. The fourth-order valence-electron chi connectivity index (χ4n) is 1.77. The van der Waals surface area contributed by atoms with Crippen molar-refractivity contribution in [3.8, 4) is 16.9 Å². The van der Waals surface area contributed by atoms with Crippen molar-refractivity contribution in [2.24, 2.45) is 0 Å². The van der Waals surface area contributed by atoms with Crippen molar-refractivity contribution in [3.63, 3.8) is 0 Å². The third-order valence-electron chi connectivity index (χ3n) is 2.86. The maximum absolute atomic E-state index is 11.2. The summed E-state index contributed by atoms with van der Waals surface area (Å²) in [4.78, 5) is 22.3. The fourth-order valence-corrected chi connectivity index (χ4v) is 1.77. The van der Waals surface area contributed by atoms with E-state index in [4.69, 9.17) is 4.74 Å². The van der Waals surface area contributed by atoms with E-state index in [-0.39, 0.29) is 5.78 Å². The lowest BCUT2D eigenvalue weighted by molar-refractivity contribution is -0.128. The minimum absolute atomic E-state index is 0.0447. The quantitative estimate of drug-likeness (QED) is 0.367. The molecule has 0 unspecified atom stereocenters. The Morgan fingerprint density at radius 1 is 0.950 bits per heavy atom. The van der Waals surface area contributed by atoms with Crippen LogP contribution in [-0.4, -0.2) is 11.8 Å². The summed E-state index contributed by atoms with van der Waals surface area (Å²) in [6.45, 7) is 4.88. The van der Waals surface area contributed by atoms with Crippen molar-refractivity contribution in [1.82, 2.24) is 0 Å². The van der Waals surface area contributed by atoms with Gasteiger partial charge in [-0.1, -0.05) is 43.0 Å². The van der Waals surface area contributed by atoms with Crippen LogP contribution in [0, 0.1) is 0 Å². The summed E-state index contributed by atoms with van der Waals surface area (Å²) in [6, 6.07) is 14.5. The molecule has 2 aromatic carbocycles. The highest BCUT2D eigenvalue weighted by Crippen LogP contribution is 2.23. The SMILES string of the molecule is C=CC(=O)Oc1ccc(-c2ccc(C(C)=O)cc2)cc1. The largest absolute Gasteiger partial charge is 0.423 e. The maximum Gasteiger partial charge on any atom is 0.335 e. The Hall–Kier alpha value is -2.68. The van der Waals surface area contributed by atoms with E-state index >= 15 is 0 Å². The highest BCUT2D eigenvalue weighted by Gasteiger charge is 2.03. The summed E-state index contributed by atoms with van der Waals surface area (Å²) in [6.07, 6.45) is 1.12. The summed E-state index contributed by atoms with van der Waals surface area (Å²) in [7, 11) is 0. The first-order valence-electron chi connectivity index (χ1n) is 6.16. The van der Waals surface area contributed by atoms with E-state index in [9.17, 15) is 9.59 Å². The molecule has 0 fully saturated rings. The summed E-state index contributed by atoms with van der Waals surface area (Å²) >= 11 is 0. The Morgan fingerprint density at radius 3 is 1.90 bits per heavy atom. The lowest BCUT2D eigenvalue weighted by Gasteiger charge is -2.05. The number of carbonyl (C=O) groups is 2. The number of hydrogen-bond acceptors (Lipinski definition) is 3. The van der Waals surface area contributed by atoms with Crippen molar-refractivity contribution >= 4 is 11.8 Å². The zero-order chi connectivity index (χ0) is 14.5. The summed E-state index contributed by atoms with van der Waals surface area (Å²) in [5.74, 6) is 0.0332. The van der Waals surface area contributed by atoms with Gasteiger partial charge < -0.3 is 4.74 Å². The van der Waals surface area contributed by atoms with Gasteiger partial charge in [0.05, 0.1) is 0 Å². The smallest absolute Gasteiger partial charge is 0.335 e. The molecule has 2 rings (SSSR count). The van der Waals surface area contributed by atoms with Crippen molar-refractivity contribution < 1.29 is 14.3 Å². The number of carbonyl (C=O) groups excluding carboxylic acids is 2. The average molecular weight is 266 g/mol. The molecule has 0 aromatic heterocycles. The molecule has 0 aliphatic carbocycles. The molecule has 100 valence electrons. The highest BCUT2D eigenvalue weighted by atomic mass is 16.5. The Kier molecular flexibility index (Phi) is 4.11. The second kappa shape index (κ2) is 5.97. The molecule has 0 heterocycles. The van der Waals surface area contributed by atoms with Crippen LogP contribution in [0.1, 0.15) is 17.3 Å². The lowest BCUT2D eigenvalue weighted by atomic mass is 10.0. The normalized spacial score (nSPS) is 9.85. The molecule has 0 N–H and O–H groups in total. The van der Waals surface area contributed by atoms with Gasteiger partial charge in [0.1, 0.15) is 5.75 Å². The minimum atomic E-state index is -0.483. The first-order chi connectivity index (χ1) is 9.60. The predicted molar refractivity (Wildman–Crippen MR) is 77.7 cm³/mol. The minimum Gasteiger partial charge on any atom is -0.423 e. The van der Waals surface area contributed by atoms with Crippen molar-refractivity contribution in [3.05, 3.63) is 66.7 Å². The van der Waals surface area contributed by atoms with Gasteiger partial charge in [0.2, 0.25) is 0 Å². The Bertz CT molecular complexity index is 637. The zero-order valence-electron chi connectivity index (χ0n) is 11.1. The van der Waals surface area contributed by atoms with Crippen molar-refractivity contribution in [2.45, 2.75) is 6.92 Å². The molecule has 3 heteroatoms. The van der Waals surface area contributed by atoms with Crippen LogP contribution in [-0.2, 0) is 4.79 Å². The van der Waals surface area contributed by atoms with Gasteiger partial charge in [-0.2, -0.15) is 0 Å². The van der Waals surface area contributed by atoms with Crippen LogP contribution in [0.25, 0.3) is 11.1 Å². The standard InChI is InChI=1S/C17H14O3/c1-3-17(19)20-16-10-8-15(9-11-16)14-6-4-13(5-7-14)12(2)18/h3-11H,1H2,2H3. The molecule has 0 aliphatic rings. The van der Waals surface area contributed by atoms with Gasteiger partial charge in [-0.25, -0.2) is 4.79 Å². The first-order valence-corrected chi connectivity index (χ1v) is 6.16. The van der Waals surface area contributed by atoms with Crippen molar-refractivity contribution in [2.75, 3.05) is 0 Å². The van der Waals surface area contributed by atoms with Gasteiger partial charge in [-0.3, -0.25) is 4.79 Å². The van der Waals surface area contributed by atoms with Gasteiger partial charge >= 0.3 is 5.97 Å². The van der Waals surface area contributed by atoms with Crippen LogP contribution in [0.3, 0.4) is 0 Å². The number of esters is 1. The second-order valence-electron chi connectivity index (χ2n) is 4.28. The lowest BCUT2D eigenvalue weighted by Crippen LogP contribution is -2.02. The molecular weight excluding hydrogens is 252 g/mol. The molecule has 0 saturated carbocycles. The maximum atomic E-state index is 11.2. The second-order valence-corrected chi connectivity index (χ2v) is 4.28. The Balaban J connectivity index is 2.19. The van der Waals surface area contributed by atoms with E-state index in [0.717, 1.165) is 17.2 Å². The molecule has 3 nitrogen and oxygen atoms in total. The number of ketones is 1. The summed E-state index contributed by atoms with van der Waals surface area (Å²) in [5.41, 5.74) is 2.67. The molecule has 0 aliphatic heterocycles. The van der Waals surface area contributed by atoms with Gasteiger partial charge in [0.15, 0.2) is 5.78 Å². The van der Waals surface area contributed by atoms with Gasteiger partial charge in [-0.05, 0) is 30.2 Å². The molecule has 0 radical (unpaired) electrons. The average Bonchev–Trinajstić information content (AvgIpc) is 2.48. The highest BCUT2D eigenvalue weighted by molar-refractivity contribution is 5.94. The van der Waals surface area contributed by atoms with E-state index in [1.54, 1.807) is 24.3 Å². The van der Waals surface area contributed by atoms with Crippen LogP contribution in [0.15, 0.2) is 61.2 Å². The molecular formula is C17H14O3. The van der Waals surface area contributed by atoms with Gasteiger partial charge in [0.25, 0.3) is 0 Å². The van der Waals surface area contributed by atoms with Crippen LogP contribution >= 0.6 is 0 Å². The van der Waals surface area contributed by atoms with Gasteiger partial charge in [-0.15, -0.1) is 0 Å². The number of ether oxygens (including phenoxy) is 1. The third kappa shape index (κ3) is 3.20. The van der Waals surface area contributed by atoms with Crippen LogP contribution in [0.4, 0.5) is 0 Å². The van der Waals surface area contributed by atoms with Crippen molar-refractivity contribution in [1.29, 1.82) is 0 Å². The topological polar surface area (TPSA) is 43.4 Å². The Morgan fingerprint density at radius 2 is 1.45 bits per heavy atom. The summed E-state index contributed by atoms with van der Waals surface area (Å²) in [5, 5.41) is 0. The molecule has 20 heavy (non-hydrogen) atoms. The molecule has 2 aromatic rings. The van der Waals surface area contributed by atoms with Gasteiger partial charge in [0, 0.05) is 11.6 Å². The number of hydrogen-bond donors (Lipinski definition) is 0. The molecule has 0 bridgehead atoms. The molecule has 0 spiro atoms. The zero-order valence-corrected chi connectivity index (χ0v) is 11.1. The number of benzene rings is 2. The van der Waals surface area contributed by atoms with E-state index in [0.29, 0.717) is 11.3 Å². The van der Waals surface area contributed by atoms with Crippen LogP contribution in [0.2, 0.25) is 0 Å². The van der Waals surface area contributed by atoms with E-state index in [1.807, 2.05) is 24.3 Å². The number of Topliss-reactive ketones (excluding diaryl/α,β-unsaturated/α-hetero) is 1. The summed E-state index contributed by atoms with van der Waals surface area (Å²) < 4.78 is 5.00. The van der Waals surface area contributed by atoms with E-state index in [1.165, 1.54) is 6.92 Å². The van der Waals surface area contributed by atoms with E-state index in [2.05, 4.69) is 6.58 Å². The number of rotatable bonds is 4. The third-order valence-corrected chi connectivity index (χ3v) is 2.86.